The zero-order valence-electron chi connectivity index (χ0n) is 60.7. The monoisotopic (exact) mass is 1400 g/mol. The number of hydrogen-bond acceptors (Lipinski definition) is 16. The van der Waals surface area contributed by atoms with Crippen molar-refractivity contribution in [2.24, 2.45) is 35.0 Å². The number of carbonyl (C=O) groups is 11. The highest BCUT2D eigenvalue weighted by Crippen LogP contribution is 2.19. The number of carboxylic acids is 1. The lowest BCUT2D eigenvalue weighted by Crippen LogP contribution is -2.60. The second kappa shape index (κ2) is 59.3. The molecule has 0 aliphatic carbocycles. The Bertz CT molecular complexity index is 2210. The van der Waals surface area contributed by atoms with Gasteiger partial charge in [0, 0.05) is 37.2 Å². The van der Waals surface area contributed by atoms with Crippen LogP contribution in [-0.4, -0.2) is 149 Å². The van der Waals surface area contributed by atoms with E-state index in [0.29, 0.717) is 44.6 Å². The number of unbranched alkanes of at least 4 members (excludes halogenated alkanes) is 25. The predicted molar refractivity (Wildman–Crippen MR) is 382 cm³/mol. The van der Waals surface area contributed by atoms with Crippen molar-refractivity contribution in [3.63, 3.8) is 0 Å². The highest BCUT2D eigenvalue weighted by Gasteiger charge is 2.34. The maximum atomic E-state index is 14.4. The van der Waals surface area contributed by atoms with Gasteiger partial charge in [-0.2, -0.15) is 11.8 Å². The van der Waals surface area contributed by atoms with Gasteiger partial charge in [0.25, 0.3) is 0 Å². The number of esters is 2. The summed E-state index contributed by atoms with van der Waals surface area (Å²) in [6.45, 7) is 13.7. The smallest absolute Gasteiger partial charge is 0.326 e. The van der Waals surface area contributed by atoms with Crippen LogP contribution in [0.4, 0.5) is 0 Å². The Hall–Kier alpha value is -5.56. The SMILES string of the molecule is CC(C)CCCCCCCCCCCC(=O)NC(CSC[C@H](COC(=O)CCCCCCCCCCCC(C)C)OC(=O)CCCCCCCCCCCC(C)C)C(=O)NC(CC(N)=O)C(=O)N[C@@H](CO)C(=O)N[C@@H](CCC(N)=O)C(=O)N[C@@H](C)C(=O)N[C@@H](CCCCN)C(=O)O. The number of nitrogens with two attached hydrogens (primary N) is 3. The molecule has 0 fully saturated rings. The highest BCUT2D eigenvalue weighted by molar-refractivity contribution is 7.99. The lowest BCUT2D eigenvalue weighted by Gasteiger charge is -2.26. The van der Waals surface area contributed by atoms with Crippen LogP contribution in [0.5, 0.6) is 0 Å². The van der Waals surface area contributed by atoms with Crippen LogP contribution in [0.25, 0.3) is 0 Å². The summed E-state index contributed by atoms with van der Waals surface area (Å²) in [5, 5.41) is 34.6. The Balaban J connectivity index is 6.46. The number of carboxylic acid groups (broad SMARTS) is 1. The van der Waals surface area contributed by atoms with Crippen LogP contribution < -0.4 is 49.1 Å². The molecule has 24 nitrogen and oxygen atoms in total. The van der Waals surface area contributed by atoms with E-state index >= 15 is 0 Å². The third-order valence-corrected chi connectivity index (χ3v) is 18.1. The van der Waals surface area contributed by atoms with Crippen molar-refractivity contribution in [3.8, 4) is 0 Å². The molecule has 0 aromatic heterocycles. The molecule has 0 rings (SSSR count). The second-order valence-electron chi connectivity index (χ2n) is 27.8. The summed E-state index contributed by atoms with van der Waals surface area (Å²) in [5.74, 6) is -7.75. The zero-order valence-corrected chi connectivity index (χ0v) is 61.5. The van der Waals surface area contributed by atoms with E-state index in [1.54, 1.807) is 0 Å². The minimum atomic E-state index is -1.85. The average Bonchev–Trinajstić information content (AvgIpc) is 0.994. The van der Waals surface area contributed by atoms with Crippen LogP contribution in [0, 0.1) is 17.8 Å². The molecule has 562 valence electrons. The lowest BCUT2D eigenvalue weighted by molar-refractivity contribution is -0.157. The molecule has 0 saturated heterocycles. The number of aliphatic hydroxyl groups is 1. The van der Waals surface area contributed by atoms with Gasteiger partial charge in [-0.3, -0.25) is 47.9 Å². The average molecular weight is 1400 g/mol. The molecule has 0 aromatic carbocycles. The Kier molecular flexibility index (Phi) is 55.9. The van der Waals surface area contributed by atoms with Crippen LogP contribution in [0.3, 0.4) is 0 Å². The molecule has 0 spiro atoms. The first-order valence-corrected chi connectivity index (χ1v) is 38.3. The fraction of sp³-hybridized carbons (Fsp3) is 0.847. The minimum absolute atomic E-state index is 0.0366. The quantitative estimate of drug-likeness (QED) is 0.0199. The van der Waals surface area contributed by atoms with E-state index in [1.165, 1.54) is 96.8 Å². The minimum Gasteiger partial charge on any atom is -0.480 e. The number of thioether (sulfide) groups is 1. The summed E-state index contributed by atoms with van der Waals surface area (Å²) in [6.07, 6.45) is 31.0. The van der Waals surface area contributed by atoms with Gasteiger partial charge >= 0.3 is 17.9 Å². The number of carbonyl (C=O) groups excluding carboxylic acids is 10. The van der Waals surface area contributed by atoms with Gasteiger partial charge < -0.3 is 68.8 Å². The van der Waals surface area contributed by atoms with Gasteiger partial charge in [0.15, 0.2) is 0 Å². The number of primary amides is 2. The first-order chi connectivity index (χ1) is 46.3. The van der Waals surface area contributed by atoms with E-state index in [0.717, 1.165) is 107 Å². The van der Waals surface area contributed by atoms with E-state index in [4.69, 9.17) is 26.7 Å². The highest BCUT2D eigenvalue weighted by atomic mass is 32.2. The molecule has 14 N–H and O–H groups in total. The van der Waals surface area contributed by atoms with E-state index in [1.807, 2.05) is 0 Å². The van der Waals surface area contributed by atoms with Crippen molar-refractivity contribution in [2.75, 3.05) is 31.3 Å². The normalized spacial score (nSPS) is 13.6. The van der Waals surface area contributed by atoms with E-state index < -0.39 is 133 Å². The van der Waals surface area contributed by atoms with Crippen molar-refractivity contribution in [3.05, 3.63) is 0 Å². The largest absolute Gasteiger partial charge is 0.480 e. The zero-order chi connectivity index (χ0) is 72.6. The molecular formula is C72H133N9O15S. The van der Waals surface area contributed by atoms with E-state index in [2.05, 4.69) is 73.4 Å². The topological polar surface area (TPSA) is 397 Å². The number of aliphatic carboxylic acids is 1. The van der Waals surface area contributed by atoms with Gasteiger partial charge in [0.1, 0.15) is 49.0 Å². The molecule has 0 aromatic rings. The number of nitrogens with one attached hydrogen (secondary N) is 6. The molecule has 25 heteroatoms. The van der Waals surface area contributed by atoms with Gasteiger partial charge in [-0.25, -0.2) is 4.79 Å². The third-order valence-electron chi connectivity index (χ3n) is 17.0. The molecular weight excluding hydrogens is 1260 g/mol. The molecule has 8 amide bonds. The Morgan fingerprint density at radius 1 is 0.381 bits per heavy atom. The number of hydrogen-bond donors (Lipinski definition) is 11. The first-order valence-electron chi connectivity index (χ1n) is 37.1. The Morgan fingerprint density at radius 3 is 1.22 bits per heavy atom. The van der Waals surface area contributed by atoms with Gasteiger partial charge in [-0.05, 0) is 76.2 Å². The van der Waals surface area contributed by atoms with Gasteiger partial charge in [-0.15, -0.1) is 0 Å². The summed E-state index contributed by atoms with van der Waals surface area (Å²) < 4.78 is 11.6. The van der Waals surface area contributed by atoms with Crippen molar-refractivity contribution in [2.45, 2.75) is 341 Å². The van der Waals surface area contributed by atoms with Crippen LogP contribution in [0.2, 0.25) is 0 Å². The standard InChI is InChI=1S/C72H133N9O15S/c1-52(2)37-29-23-17-11-8-14-20-26-32-41-64(85)77-61(51-97-50-56(96-66(87)43-34-28-22-16-10-13-19-25-31-39-54(5)6)49-95-65(86)42-33-27-21-15-9-12-18-24-30-38-53(3)4)71(92)80-59(47-63(75)84)69(90)81-60(48-82)70(91)78-57(44-45-62(74)83)68(89)76-55(7)67(88)79-58(72(93)94)40-35-36-46-73/h52-61,82H,8-51,73H2,1-7H3,(H2,74,83)(H2,75,84)(H,76,89)(H,77,85)(H,78,91)(H,79,88)(H,80,92)(H,81,90)(H,93,94)/t55-,56-,57-,58-,59?,60-,61?/m0/s1. The maximum Gasteiger partial charge on any atom is 0.326 e. The Morgan fingerprint density at radius 2 is 0.773 bits per heavy atom. The van der Waals surface area contributed by atoms with Crippen molar-refractivity contribution >= 4 is 76.9 Å². The molecule has 0 saturated carbocycles. The number of aliphatic hydroxyl groups excluding tert-OH is 1. The van der Waals surface area contributed by atoms with E-state index in [9.17, 15) is 63.0 Å². The predicted octanol–water partition coefficient (Wildman–Crippen LogP) is 9.29. The summed E-state index contributed by atoms with van der Waals surface area (Å²) in [5.41, 5.74) is 16.4. The second-order valence-corrected chi connectivity index (χ2v) is 28.8. The summed E-state index contributed by atoms with van der Waals surface area (Å²) in [4.78, 5) is 145. The number of amides is 8. The van der Waals surface area contributed by atoms with Crippen molar-refractivity contribution in [1.29, 1.82) is 0 Å². The van der Waals surface area contributed by atoms with Gasteiger partial charge in [0.2, 0.25) is 47.3 Å². The molecule has 0 radical (unpaired) electrons. The maximum absolute atomic E-state index is 14.4. The molecule has 0 aliphatic heterocycles. The first kappa shape index (κ1) is 91.4. The van der Waals surface area contributed by atoms with Crippen molar-refractivity contribution in [1.82, 2.24) is 31.9 Å². The van der Waals surface area contributed by atoms with Gasteiger partial charge in [0.05, 0.1) is 13.0 Å². The lowest BCUT2D eigenvalue weighted by atomic mass is 10.0. The molecule has 0 heterocycles. The van der Waals surface area contributed by atoms with Crippen LogP contribution in [-0.2, 0) is 62.2 Å². The molecule has 97 heavy (non-hydrogen) atoms. The summed E-state index contributed by atoms with van der Waals surface area (Å²) >= 11 is 1.12. The van der Waals surface area contributed by atoms with Crippen molar-refractivity contribution < 1.29 is 72.4 Å². The van der Waals surface area contributed by atoms with E-state index in [-0.39, 0.29) is 43.8 Å². The van der Waals surface area contributed by atoms with Crippen LogP contribution in [0.15, 0.2) is 0 Å². The molecule has 0 aliphatic rings. The number of rotatable bonds is 65. The third kappa shape index (κ3) is 53.1. The Labute approximate surface area is 586 Å². The number of ether oxygens (including phenoxy) is 2. The summed E-state index contributed by atoms with van der Waals surface area (Å²) in [7, 11) is 0. The van der Waals surface area contributed by atoms with Gasteiger partial charge in [-0.1, -0.05) is 215 Å². The molecule has 0 bridgehead atoms. The fourth-order valence-corrected chi connectivity index (χ4v) is 12.0. The summed E-state index contributed by atoms with van der Waals surface area (Å²) in [6, 6.07) is -9.26. The van der Waals surface area contributed by atoms with Crippen LogP contribution in [0.1, 0.15) is 299 Å². The van der Waals surface area contributed by atoms with Crippen LogP contribution >= 0.6 is 11.8 Å². The molecule has 7 atom stereocenters. The molecule has 2 unspecified atom stereocenters. The fourth-order valence-electron chi connectivity index (χ4n) is 11.0.